The number of aromatic nitrogens is 2. The van der Waals surface area contributed by atoms with Crippen LogP contribution in [0.25, 0.3) is 11.5 Å². The second-order valence-corrected chi connectivity index (χ2v) is 4.27. The van der Waals surface area contributed by atoms with Gasteiger partial charge in [-0.2, -0.15) is 5.10 Å². The van der Waals surface area contributed by atoms with Gasteiger partial charge < -0.3 is 15.1 Å². The molecule has 2 N–H and O–H groups in total. The lowest BCUT2D eigenvalue weighted by Gasteiger charge is -2.09. The fraction of sp³-hybridized carbons (Fsp3) is 0.333. The molecule has 6 heteroatoms. The van der Waals surface area contributed by atoms with Crippen LogP contribution >= 0.6 is 0 Å². The summed E-state index contributed by atoms with van der Waals surface area (Å²) in [6.45, 7) is 1.42. The molecule has 96 valence electrons. The van der Waals surface area contributed by atoms with Crippen molar-refractivity contribution in [1.82, 2.24) is 14.7 Å². The molecule has 0 radical (unpaired) electrons. The van der Waals surface area contributed by atoms with Crippen molar-refractivity contribution in [3.63, 3.8) is 0 Å². The summed E-state index contributed by atoms with van der Waals surface area (Å²) >= 11 is 0. The molecule has 0 unspecified atom stereocenters. The van der Waals surface area contributed by atoms with Gasteiger partial charge >= 0.3 is 0 Å². The number of likely N-dealkylation sites (N-methyl/N-ethyl adjacent to an activating group) is 1. The molecule has 0 saturated carbocycles. The highest BCUT2D eigenvalue weighted by atomic mass is 16.3. The third-order valence-electron chi connectivity index (χ3n) is 2.66. The van der Waals surface area contributed by atoms with Crippen molar-refractivity contribution in [3.05, 3.63) is 24.0 Å². The Morgan fingerprint density at radius 2 is 2.33 bits per heavy atom. The van der Waals surface area contributed by atoms with Gasteiger partial charge in [-0.1, -0.05) is 0 Å². The fourth-order valence-corrected chi connectivity index (χ4v) is 1.67. The Bertz CT molecular complexity index is 529. The first kappa shape index (κ1) is 12.4. The summed E-state index contributed by atoms with van der Waals surface area (Å²) < 4.78 is 6.88. The number of hydrogen-bond acceptors (Lipinski definition) is 5. The molecule has 0 amide bonds. The maximum Gasteiger partial charge on any atom is 0.156 e. The summed E-state index contributed by atoms with van der Waals surface area (Å²) in [6, 6.07) is 3.50. The van der Waals surface area contributed by atoms with Crippen molar-refractivity contribution >= 4 is 12.1 Å². The smallest absolute Gasteiger partial charge is 0.156 e. The zero-order valence-electron chi connectivity index (χ0n) is 10.5. The van der Waals surface area contributed by atoms with Crippen LogP contribution in [0.4, 0.5) is 5.82 Å². The van der Waals surface area contributed by atoms with Crippen LogP contribution in [0, 0.1) is 0 Å². The highest BCUT2D eigenvalue weighted by Crippen LogP contribution is 2.25. The number of nitrogens with two attached hydrogens (primary N) is 1. The van der Waals surface area contributed by atoms with Crippen molar-refractivity contribution in [3.8, 4) is 11.5 Å². The van der Waals surface area contributed by atoms with Crippen LogP contribution in [0.15, 0.2) is 22.8 Å². The van der Waals surface area contributed by atoms with E-state index in [1.165, 1.54) is 0 Å². The summed E-state index contributed by atoms with van der Waals surface area (Å²) in [4.78, 5) is 13.1. The Morgan fingerprint density at radius 3 is 2.89 bits per heavy atom. The lowest BCUT2D eigenvalue weighted by molar-refractivity contribution is 0.112. The first-order chi connectivity index (χ1) is 8.63. The fourth-order valence-electron chi connectivity index (χ4n) is 1.67. The first-order valence-corrected chi connectivity index (χ1v) is 5.63. The molecule has 0 saturated heterocycles. The lowest BCUT2D eigenvalue weighted by atomic mass is 10.2. The van der Waals surface area contributed by atoms with Crippen LogP contribution in [0.3, 0.4) is 0 Å². The molecule has 0 aliphatic carbocycles. The molecule has 0 aliphatic heterocycles. The molecule has 0 fully saturated rings. The number of nitrogens with zero attached hydrogens (tertiary/aromatic N) is 3. The number of nitrogen functional groups attached to an aromatic ring is 1. The Morgan fingerprint density at radius 1 is 1.56 bits per heavy atom. The second-order valence-electron chi connectivity index (χ2n) is 4.27. The maximum absolute atomic E-state index is 11.1. The molecule has 0 aromatic carbocycles. The molecule has 18 heavy (non-hydrogen) atoms. The van der Waals surface area contributed by atoms with E-state index in [1.807, 2.05) is 19.0 Å². The van der Waals surface area contributed by atoms with Crippen molar-refractivity contribution in [2.75, 3.05) is 26.4 Å². The maximum atomic E-state index is 11.1. The molecular weight excluding hydrogens is 232 g/mol. The minimum absolute atomic E-state index is 0.373. The molecule has 0 spiro atoms. The van der Waals surface area contributed by atoms with Crippen LogP contribution in [0.2, 0.25) is 0 Å². The normalized spacial score (nSPS) is 11.1. The lowest BCUT2D eigenvalue weighted by Crippen LogP contribution is -2.20. The Kier molecular flexibility index (Phi) is 3.47. The van der Waals surface area contributed by atoms with Crippen LogP contribution < -0.4 is 5.73 Å². The van der Waals surface area contributed by atoms with E-state index in [-0.39, 0.29) is 0 Å². The molecular formula is C12H16N4O2. The monoisotopic (exact) mass is 248 g/mol. The van der Waals surface area contributed by atoms with Gasteiger partial charge in [-0.3, -0.25) is 4.79 Å². The van der Waals surface area contributed by atoms with Gasteiger partial charge in [0.1, 0.15) is 11.5 Å². The summed E-state index contributed by atoms with van der Waals surface area (Å²) in [5, 5.41) is 4.34. The van der Waals surface area contributed by atoms with Crippen molar-refractivity contribution in [1.29, 1.82) is 0 Å². The largest absolute Gasteiger partial charge is 0.463 e. The van der Waals surface area contributed by atoms with E-state index in [0.717, 1.165) is 6.54 Å². The van der Waals surface area contributed by atoms with E-state index in [0.29, 0.717) is 35.7 Å². The van der Waals surface area contributed by atoms with Crippen molar-refractivity contribution in [2.24, 2.45) is 0 Å². The van der Waals surface area contributed by atoms with Crippen LogP contribution in [-0.2, 0) is 6.54 Å². The molecule has 2 aromatic rings. The third kappa shape index (κ3) is 2.28. The van der Waals surface area contributed by atoms with Gasteiger partial charge in [-0.15, -0.1) is 0 Å². The van der Waals surface area contributed by atoms with Gasteiger partial charge in [0, 0.05) is 6.54 Å². The van der Waals surface area contributed by atoms with E-state index < -0.39 is 0 Å². The predicted octanol–water partition coefficient (Wildman–Crippen LogP) is 1.10. The zero-order chi connectivity index (χ0) is 13.1. The Balaban J connectivity index is 2.36. The summed E-state index contributed by atoms with van der Waals surface area (Å²) in [7, 11) is 3.93. The summed E-state index contributed by atoms with van der Waals surface area (Å²) in [6.07, 6.45) is 2.26. The van der Waals surface area contributed by atoms with E-state index >= 15 is 0 Å². The molecule has 0 atom stereocenters. The number of aldehydes is 1. The topological polar surface area (TPSA) is 77.3 Å². The number of rotatable bonds is 5. The molecule has 2 heterocycles. The SMILES string of the molecule is CN(C)CCn1nc(-c2ccco2)c(C=O)c1N. The first-order valence-electron chi connectivity index (χ1n) is 5.63. The van der Waals surface area contributed by atoms with Gasteiger partial charge in [-0.25, -0.2) is 4.68 Å². The van der Waals surface area contributed by atoms with E-state index in [9.17, 15) is 4.79 Å². The number of hydrogen-bond donors (Lipinski definition) is 1. The van der Waals surface area contributed by atoms with Gasteiger partial charge in [-0.05, 0) is 26.2 Å². The highest BCUT2D eigenvalue weighted by molar-refractivity contribution is 5.90. The average molecular weight is 248 g/mol. The number of carbonyl (C=O) groups is 1. The zero-order valence-corrected chi connectivity index (χ0v) is 10.5. The number of carbonyl (C=O) groups excluding carboxylic acids is 1. The minimum atomic E-state index is 0.373. The summed E-state index contributed by atoms with van der Waals surface area (Å²) in [5.74, 6) is 0.922. The van der Waals surface area contributed by atoms with Gasteiger partial charge in [0.25, 0.3) is 0 Å². The van der Waals surface area contributed by atoms with Crippen LogP contribution in [-0.4, -0.2) is 41.6 Å². The average Bonchev–Trinajstić information content (AvgIpc) is 2.94. The quantitative estimate of drug-likeness (QED) is 0.802. The van der Waals surface area contributed by atoms with Gasteiger partial charge in [0.15, 0.2) is 12.0 Å². The van der Waals surface area contributed by atoms with Crippen LogP contribution in [0.5, 0.6) is 0 Å². The van der Waals surface area contributed by atoms with Gasteiger partial charge in [0.2, 0.25) is 0 Å². The highest BCUT2D eigenvalue weighted by Gasteiger charge is 2.18. The van der Waals surface area contributed by atoms with Crippen LogP contribution in [0.1, 0.15) is 10.4 Å². The van der Waals surface area contributed by atoms with Gasteiger partial charge in [0.05, 0.1) is 18.4 Å². The molecule has 6 nitrogen and oxygen atoms in total. The molecule has 0 aliphatic rings. The van der Waals surface area contributed by atoms with E-state index in [1.54, 1.807) is 23.1 Å². The van der Waals surface area contributed by atoms with Crippen molar-refractivity contribution < 1.29 is 9.21 Å². The minimum Gasteiger partial charge on any atom is -0.463 e. The second kappa shape index (κ2) is 5.05. The Labute approximate surface area is 105 Å². The predicted molar refractivity (Wildman–Crippen MR) is 68.3 cm³/mol. The third-order valence-corrected chi connectivity index (χ3v) is 2.66. The number of furan rings is 1. The molecule has 2 aromatic heterocycles. The van der Waals surface area contributed by atoms with Crippen molar-refractivity contribution in [2.45, 2.75) is 6.54 Å². The number of anilines is 1. The molecule has 2 rings (SSSR count). The molecule has 0 bridgehead atoms. The standard InChI is InChI=1S/C12H16N4O2/c1-15(2)5-6-16-12(13)9(8-17)11(14-16)10-4-3-7-18-10/h3-4,7-8H,5-6,13H2,1-2H3. The van der Waals surface area contributed by atoms with E-state index in [2.05, 4.69) is 5.10 Å². The summed E-state index contributed by atoms with van der Waals surface area (Å²) in [5.41, 5.74) is 6.79. The van der Waals surface area contributed by atoms with E-state index in [4.69, 9.17) is 10.2 Å². The Hall–Kier alpha value is -2.08.